The molecule has 1 aliphatic rings. The Balaban J connectivity index is 1.92. The summed E-state index contributed by atoms with van der Waals surface area (Å²) < 4.78 is 58.2. The first-order valence-corrected chi connectivity index (χ1v) is 12.9. The topological polar surface area (TPSA) is 113 Å². The van der Waals surface area contributed by atoms with Crippen molar-refractivity contribution in [2.24, 2.45) is 0 Å². The number of benzene rings is 2. The highest BCUT2D eigenvalue weighted by molar-refractivity contribution is 7.92. The molecule has 0 atom stereocenters. The third kappa shape index (κ3) is 5.10. The van der Waals surface area contributed by atoms with Crippen LogP contribution in [0.2, 0.25) is 0 Å². The van der Waals surface area contributed by atoms with Crippen molar-refractivity contribution in [2.45, 2.75) is 17.7 Å². The molecule has 1 heterocycles. The minimum Gasteiger partial charge on any atom is -0.496 e. The fourth-order valence-corrected chi connectivity index (χ4v) is 4.85. The van der Waals surface area contributed by atoms with Crippen LogP contribution in [0.4, 0.5) is 11.4 Å². The molecule has 11 heteroatoms. The van der Waals surface area contributed by atoms with Crippen molar-refractivity contribution in [3.63, 3.8) is 0 Å². The number of hydrogen-bond donors (Lipinski definition) is 1. The Morgan fingerprint density at radius 1 is 1.06 bits per heavy atom. The van der Waals surface area contributed by atoms with E-state index in [9.17, 15) is 21.6 Å². The number of carbonyl (C=O) groups is 1. The van der Waals surface area contributed by atoms with Gasteiger partial charge < -0.3 is 9.64 Å². The Labute approximate surface area is 182 Å². The number of rotatable bonds is 7. The highest BCUT2D eigenvalue weighted by Crippen LogP contribution is 2.27. The molecule has 0 spiro atoms. The highest BCUT2D eigenvalue weighted by Gasteiger charge is 2.25. The van der Waals surface area contributed by atoms with E-state index < -0.39 is 20.0 Å². The molecule has 1 amide bonds. The molecule has 1 N–H and O–H groups in total. The van der Waals surface area contributed by atoms with Gasteiger partial charge in [0.15, 0.2) is 0 Å². The van der Waals surface area contributed by atoms with Crippen molar-refractivity contribution in [1.29, 1.82) is 0 Å². The number of ether oxygens (including phenoxy) is 1. The first-order valence-electron chi connectivity index (χ1n) is 9.57. The van der Waals surface area contributed by atoms with Gasteiger partial charge in [0.2, 0.25) is 10.0 Å². The van der Waals surface area contributed by atoms with E-state index in [2.05, 4.69) is 4.72 Å². The molecule has 0 bridgehead atoms. The Bertz CT molecular complexity index is 1190. The molecule has 1 saturated heterocycles. The number of carbonyl (C=O) groups excluding carboxylic acids is 1. The summed E-state index contributed by atoms with van der Waals surface area (Å²) in [4.78, 5) is 14.4. The van der Waals surface area contributed by atoms with Crippen molar-refractivity contribution in [2.75, 3.05) is 42.5 Å². The van der Waals surface area contributed by atoms with E-state index in [1.165, 1.54) is 44.5 Å². The van der Waals surface area contributed by atoms with E-state index in [-0.39, 0.29) is 22.1 Å². The van der Waals surface area contributed by atoms with Crippen molar-refractivity contribution in [1.82, 2.24) is 4.90 Å². The number of hydrogen-bond acceptors (Lipinski definition) is 6. The minimum absolute atomic E-state index is 0.0993. The van der Waals surface area contributed by atoms with Crippen LogP contribution in [0.15, 0.2) is 47.4 Å². The van der Waals surface area contributed by atoms with E-state index in [1.54, 1.807) is 17.0 Å². The smallest absolute Gasteiger partial charge is 0.261 e. The Morgan fingerprint density at radius 2 is 1.74 bits per heavy atom. The molecule has 3 rings (SSSR count). The first kappa shape index (κ1) is 22.9. The molecule has 168 valence electrons. The second-order valence-electron chi connectivity index (χ2n) is 7.25. The molecule has 2 aromatic carbocycles. The largest absolute Gasteiger partial charge is 0.496 e. The van der Waals surface area contributed by atoms with Crippen LogP contribution in [0.1, 0.15) is 23.2 Å². The number of anilines is 2. The summed E-state index contributed by atoms with van der Waals surface area (Å²) in [6.45, 7) is 1.25. The van der Waals surface area contributed by atoms with Gasteiger partial charge in [0, 0.05) is 20.1 Å². The standard InChI is InChI=1S/C20H25N3O6S2/c1-22(30(3,25)26)16-8-6-7-15(13-16)21-31(27,28)17-9-10-19(29-2)18(14-17)20(24)23-11-4-5-12-23/h6-10,13-14,21H,4-5,11-12H2,1-3H3. The summed E-state index contributed by atoms with van der Waals surface area (Å²) in [7, 11) is -4.74. The lowest BCUT2D eigenvalue weighted by Crippen LogP contribution is -2.28. The fraction of sp³-hybridized carbons (Fsp3) is 0.350. The maximum Gasteiger partial charge on any atom is 0.261 e. The summed E-state index contributed by atoms with van der Waals surface area (Å²) in [6, 6.07) is 10.1. The molecule has 0 saturated carbocycles. The predicted molar refractivity (Wildman–Crippen MR) is 119 cm³/mol. The molecular formula is C20H25N3O6S2. The summed E-state index contributed by atoms with van der Waals surface area (Å²) in [5, 5.41) is 0. The molecule has 0 unspecified atom stereocenters. The molecule has 0 aliphatic carbocycles. The normalized spacial score (nSPS) is 14.4. The van der Waals surface area contributed by atoms with Crippen LogP contribution < -0.4 is 13.8 Å². The van der Waals surface area contributed by atoms with Crippen LogP contribution in [-0.2, 0) is 20.0 Å². The van der Waals surface area contributed by atoms with Gasteiger partial charge in [-0.05, 0) is 49.2 Å². The maximum atomic E-state index is 13.0. The fourth-order valence-electron chi connectivity index (χ4n) is 3.28. The second-order valence-corrected chi connectivity index (χ2v) is 10.9. The van der Waals surface area contributed by atoms with Gasteiger partial charge in [-0.15, -0.1) is 0 Å². The lowest BCUT2D eigenvalue weighted by Gasteiger charge is -2.19. The van der Waals surface area contributed by atoms with Gasteiger partial charge in [-0.1, -0.05) is 6.07 Å². The van der Waals surface area contributed by atoms with Crippen LogP contribution in [0.3, 0.4) is 0 Å². The van der Waals surface area contributed by atoms with Gasteiger partial charge in [0.1, 0.15) is 5.75 Å². The summed E-state index contributed by atoms with van der Waals surface area (Å²) in [6.07, 6.45) is 2.87. The van der Waals surface area contributed by atoms with Crippen molar-refractivity contribution in [3.8, 4) is 5.75 Å². The van der Waals surface area contributed by atoms with Gasteiger partial charge in [-0.2, -0.15) is 0 Å². The van der Waals surface area contributed by atoms with Crippen molar-refractivity contribution >= 4 is 37.3 Å². The molecule has 2 aromatic rings. The molecule has 9 nitrogen and oxygen atoms in total. The average molecular weight is 468 g/mol. The molecule has 0 aromatic heterocycles. The van der Waals surface area contributed by atoms with Crippen LogP contribution in [0.5, 0.6) is 5.75 Å². The van der Waals surface area contributed by atoms with Crippen LogP contribution >= 0.6 is 0 Å². The third-order valence-corrected chi connectivity index (χ3v) is 7.65. The number of nitrogens with one attached hydrogen (secondary N) is 1. The molecular weight excluding hydrogens is 442 g/mol. The highest BCUT2D eigenvalue weighted by atomic mass is 32.2. The Morgan fingerprint density at radius 3 is 2.35 bits per heavy atom. The van der Waals surface area contributed by atoms with Gasteiger partial charge in [0.05, 0.1) is 35.2 Å². The molecule has 1 fully saturated rings. The summed E-state index contributed by atoms with van der Waals surface area (Å²) in [5.74, 6) is 0.0239. The molecule has 1 aliphatic heterocycles. The Kier molecular flexibility index (Phi) is 6.46. The van der Waals surface area contributed by atoms with Crippen LogP contribution in [-0.4, -0.2) is 61.1 Å². The number of sulfonamides is 2. The van der Waals surface area contributed by atoms with Gasteiger partial charge in [-0.3, -0.25) is 13.8 Å². The van der Waals surface area contributed by atoms with Crippen molar-refractivity contribution < 1.29 is 26.4 Å². The van der Waals surface area contributed by atoms with E-state index in [0.29, 0.717) is 24.5 Å². The van der Waals surface area contributed by atoms with E-state index in [0.717, 1.165) is 23.4 Å². The van der Waals surface area contributed by atoms with E-state index in [1.807, 2.05) is 0 Å². The van der Waals surface area contributed by atoms with Crippen LogP contribution in [0.25, 0.3) is 0 Å². The monoisotopic (exact) mass is 467 g/mol. The van der Waals surface area contributed by atoms with Crippen molar-refractivity contribution in [3.05, 3.63) is 48.0 Å². The number of amides is 1. The van der Waals surface area contributed by atoms with E-state index in [4.69, 9.17) is 4.74 Å². The SMILES string of the molecule is COc1ccc(S(=O)(=O)Nc2cccc(N(C)S(C)(=O)=O)c2)cc1C(=O)N1CCCC1. The first-order chi connectivity index (χ1) is 14.5. The van der Waals surface area contributed by atoms with Gasteiger partial charge in [0.25, 0.3) is 15.9 Å². The quantitative estimate of drug-likeness (QED) is 0.667. The van der Waals surface area contributed by atoms with Gasteiger partial charge >= 0.3 is 0 Å². The number of likely N-dealkylation sites (tertiary alicyclic amines) is 1. The van der Waals surface area contributed by atoms with Gasteiger partial charge in [-0.25, -0.2) is 16.8 Å². The summed E-state index contributed by atoms with van der Waals surface area (Å²) in [5.41, 5.74) is 0.677. The Hall–Kier alpha value is -2.79. The van der Waals surface area contributed by atoms with Crippen LogP contribution in [0, 0.1) is 0 Å². The maximum absolute atomic E-state index is 13.0. The van der Waals surface area contributed by atoms with E-state index >= 15 is 0 Å². The third-order valence-electron chi connectivity index (χ3n) is 5.06. The zero-order chi connectivity index (χ0) is 22.8. The lowest BCUT2D eigenvalue weighted by molar-refractivity contribution is 0.0789. The molecule has 31 heavy (non-hydrogen) atoms. The number of nitrogens with zero attached hydrogens (tertiary/aromatic N) is 2. The average Bonchev–Trinajstić information content (AvgIpc) is 3.26. The summed E-state index contributed by atoms with van der Waals surface area (Å²) >= 11 is 0. The zero-order valence-electron chi connectivity index (χ0n) is 17.5. The minimum atomic E-state index is -4.04. The lowest BCUT2D eigenvalue weighted by atomic mass is 10.1. The zero-order valence-corrected chi connectivity index (χ0v) is 19.2. The number of methoxy groups -OCH3 is 1. The second kappa shape index (κ2) is 8.75. The molecule has 0 radical (unpaired) electrons. The predicted octanol–water partition coefficient (Wildman–Crippen LogP) is 2.13.